The number of benzene rings is 1. The monoisotopic (exact) mass is 424 g/mol. The van der Waals surface area contributed by atoms with Gasteiger partial charge in [-0.15, -0.1) is 0 Å². The summed E-state index contributed by atoms with van der Waals surface area (Å²) in [6.45, 7) is 4.23. The van der Waals surface area contributed by atoms with E-state index in [4.69, 9.17) is 9.47 Å². The molecule has 3 heterocycles. The molecule has 1 aromatic carbocycles. The number of ether oxygens (including phenoxy) is 2. The molecule has 2 fully saturated rings. The average molecular weight is 425 g/mol. The second kappa shape index (κ2) is 9.34. The molecule has 1 unspecified atom stereocenters. The topological polar surface area (TPSA) is 75.2 Å². The summed E-state index contributed by atoms with van der Waals surface area (Å²) in [5.41, 5.74) is 1.90. The van der Waals surface area contributed by atoms with Gasteiger partial charge in [0.1, 0.15) is 0 Å². The Morgan fingerprint density at radius 2 is 1.87 bits per heavy atom. The third-order valence-electron chi connectivity index (χ3n) is 5.97. The minimum Gasteiger partial charge on any atom is -0.493 e. The maximum absolute atomic E-state index is 13.1. The molecule has 8 nitrogen and oxygen atoms in total. The summed E-state index contributed by atoms with van der Waals surface area (Å²) < 4.78 is 10.6. The van der Waals surface area contributed by atoms with Gasteiger partial charge in [0.15, 0.2) is 11.5 Å². The first-order valence-electron chi connectivity index (χ1n) is 10.5. The van der Waals surface area contributed by atoms with Gasteiger partial charge >= 0.3 is 0 Å². The van der Waals surface area contributed by atoms with E-state index in [1.54, 1.807) is 37.4 Å². The highest BCUT2D eigenvalue weighted by Crippen LogP contribution is 2.34. The first-order valence-corrected chi connectivity index (χ1v) is 10.5. The number of rotatable bonds is 6. The summed E-state index contributed by atoms with van der Waals surface area (Å²) in [7, 11) is 3.14. The molecule has 1 aromatic heterocycles. The third kappa shape index (κ3) is 4.64. The van der Waals surface area contributed by atoms with Crippen LogP contribution in [0.1, 0.15) is 12.0 Å². The van der Waals surface area contributed by atoms with E-state index in [1.165, 1.54) is 5.56 Å². The molecule has 2 aromatic rings. The van der Waals surface area contributed by atoms with Crippen LogP contribution in [0.25, 0.3) is 0 Å². The summed E-state index contributed by atoms with van der Waals surface area (Å²) in [4.78, 5) is 35.8. The number of piperazine rings is 1. The number of nitrogens with zero attached hydrogens (tertiary/aromatic N) is 4. The molecule has 31 heavy (non-hydrogen) atoms. The van der Waals surface area contributed by atoms with Crippen molar-refractivity contribution in [2.45, 2.75) is 13.0 Å². The Labute approximate surface area is 182 Å². The van der Waals surface area contributed by atoms with Crippen molar-refractivity contribution in [3.63, 3.8) is 0 Å². The highest BCUT2D eigenvalue weighted by molar-refractivity contribution is 6.00. The van der Waals surface area contributed by atoms with E-state index in [-0.39, 0.29) is 24.2 Å². The fourth-order valence-corrected chi connectivity index (χ4v) is 4.25. The number of methoxy groups -OCH3 is 2. The van der Waals surface area contributed by atoms with Crippen LogP contribution >= 0.6 is 0 Å². The second-order valence-electron chi connectivity index (χ2n) is 7.91. The molecule has 0 saturated carbocycles. The minimum atomic E-state index is -0.314. The zero-order chi connectivity index (χ0) is 21.8. The highest BCUT2D eigenvalue weighted by atomic mass is 16.5. The van der Waals surface area contributed by atoms with E-state index in [0.717, 1.165) is 25.3 Å². The standard InChI is InChI=1S/C23H28N4O4/c1-30-20-6-5-19(13-21(20)31-2)27-16-18(12-22(27)28)23(29)26-10-8-25(9-11-26)15-17-4-3-7-24-14-17/h3-7,13-14,18H,8-12,15-16H2,1-2H3. The molecule has 4 rings (SSSR count). The van der Waals surface area contributed by atoms with Gasteiger partial charge in [-0.1, -0.05) is 6.07 Å². The summed E-state index contributed by atoms with van der Waals surface area (Å²) >= 11 is 0. The van der Waals surface area contributed by atoms with Gasteiger partial charge in [-0.25, -0.2) is 0 Å². The Balaban J connectivity index is 1.34. The molecule has 8 heteroatoms. The highest BCUT2D eigenvalue weighted by Gasteiger charge is 2.38. The summed E-state index contributed by atoms with van der Waals surface area (Å²) in [6.07, 6.45) is 3.89. The summed E-state index contributed by atoms with van der Waals surface area (Å²) in [5, 5.41) is 0. The van der Waals surface area contributed by atoms with Gasteiger partial charge in [0.25, 0.3) is 0 Å². The van der Waals surface area contributed by atoms with Gasteiger partial charge in [-0.3, -0.25) is 19.5 Å². The van der Waals surface area contributed by atoms with Gasteiger partial charge in [-0.05, 0) is 23.8 Å². The molecule has 2 amide bonds. The number of aromatic nitrogens is 1. The number of carbonyl (C=O) groups excluding carboxylic acids is 2. The van der Waals surface area contributed by atoms with Crippen molar-refractivity contribution in [1.29, 1.82) is 0 Å². The quantitative estimate of drug-likeness (QED) is 0.704. The summed E-state index contributed by atoms with van der Waals surface area (Å²) in [5.74, 6) is 0.880. The Morgan fingerprint density at radius 3 is 2.55 bits per heavy atom. The predicted octanol–water partition coefficient (Wildman–Crippen LogP) is 1.80. The molecular weight excluding hydrogens is 396 g/mol. The van der Waals surface area contributed by atoms with Crippen molar-refractivity contribution in [2.24, 2.45) is 5.92 Å². The fourth-order valence-electron chi connectivity index (χ4n) is 4.25. The minimum absolute atomic E-state index is 0.0409. The lowest BCUT2D eigenvalue weighted by Gasteiger charge is -2.35. The van der Waals surface area contributed by atoms with Crippen LogP contribution in [-0.2, 0) is 16.1 Å². The van der Waals surface area contributed by atoms with Crippen molar-refractivity contribution in [3.8, 4) is 11.5 Å². The number of amides is 2. The number of hydrogen-bond acceptors (Lipinski definition) is 6. The van der Waals surface area contributed by atoms with E-state index in [9.17, 15) is 9.59 Å². The Bertz CT molecular complexity index is 928. The lowest BCUT2D eigenvalue weighted by atomic mass is 10.1. The zero-order valence-corrected chi connectivity index (χ0v) is 18.0. The molecule has 0 spiro atoms. The Morgan fingerprint density at radius 1 is 1.10 bits per heavy atom. The second-order valence-corrected chi connectivity index (χ2v) is 7.91. The van der Waals surface area contributed by atoms with Crippen molar-refractivity contribution in [1.82, 2.24) is 14.8 Å². The van der Waals surface area contributed by atoms with E-state index >= 15 is 0 Å². The molecule has 2 saturated heterocycles. The van der Waals surface area contributed by atoms with Crippen molar-refractivity contribution < 1.29 is 19.1 Å². The molecule has 2 aliphatic rings. The van der Waals surface area contributed by atoms with Crippen molar-refractivity contribution in [2.75, 3.05) is 51.8 Å². The number of carbonyl (C=O) groups is 2. The van der Waals surface area contributed by atoms with Crippen LogP contribution < -0.4 is 14.4 Å². The molecule has 1 atom stereocenters. The number of anilines is 1. The SMILES string of the molecule is COc1ccc(N2CC(C(=O)N3CCN(Cc4cccnc4)CC3)CC2=O)cc1OC. The van der Waals surface area contributed by atoms with Crippen LogP contribution in [0.2, 0.25) is 0 Å². The van der Waals surface area contributed by atoms with E-state index in [2.05, 4.69) is 16.0 Å². The van der Waals surface area contributed by atoms with E-state index in [0.29, 0.717) is 31.1 Å². The zero-order valence-electron chi connectivity index (χ0n) is 18.0. The lowest BCUT2D eigenvalue weighted by Crippen LogP contribution is -2.50. The van der Waals surface area contributed by atoms with Gasteiger partial charge in [-0.2, -0.15) is 0 Å². The Hall–Kier alpha value is -3.13. The summed E-state index contributed by atoms with van der Waals surface area (Å²) in [6, 6.07) is 9.38. The molecule has 0 aliphatic carbocycles. The van der Waals surface area contributed by atoms with Gasteiger partial charge in [0.2, 0.25) is 11.8 Å². The van der Waals surface area contributed by atoms with Crippen LogP contribution in [0.5, 0.6) is 11.5 Å². The average Bonchev–Trinajstić information content (AvgIpc) is 3.21. The van der Waals surface area contributed by atoms with Crippen LogP contribution in [-0.4, -0.2) is 73.5 Å². The van der Waals surface area contributed by atoms with Crippen molar-refractivity contribution >= 4 is 17.5 Å². The molecule has 0 bridgehead atoms. The van der Waals surface area contributed by atoms with Gasteiger partial charge in [0.05, 0.1) is 20.1 Å². The first kappa shape index (κ1) is 21.1. The normalized spacial score (nSPS) is 19.5. The van der Waals surface area contributed by atoms with E-state index < -0.39 is 0 Å². The van der Waals surface area contributed by atoms with Crippen LogP contribution in [0.3, 0.4) is 0 Å². The van der Waals surface area contributed by atoms with Crippen LogP contribution in [0.15, 0.2) is 42.7 Å². The lowest BCUT2D eigenvalue weighted by molar-refractivity contribution is -0.137. The maximum Gasteiger partial charge on any atom is 0.228 e. The van der Waals surface area contributed by atoms with Gasteiger partial charge in [0, 0.05) is 69.8 Å². The Kier molecular flexibility index (Phi) is 6.36. The number of hydrogen-bond donors (Lipinski definition) is 0. The van der Waals surface area contributed by atoms with Gasteiger partial charge < -0.3 is 19.3 Å². The third-order valence-corrected chi connectivity index (χ3v) is 5.97. The smallest absolute Gasteiger partial charge is 0.228 e. The first-order chi connectivity index (χ1) is 15.1. The largest absolute Gasteiger partial charge is 0.493 e. The molecule has 2 aliphatic heterocycles. The predicted molar refractivity (Wildman–Crippen MR) is 116 cm³/mol. The molecule has 0 N–H and O–H groups in total. The van der Waals surface area contributed by atoms with E-state index in [1.807, 2.05) is 23.2 Å². The fraction of sp³-hybridized carbons (Fsp3) is 0.435. The van der Waals surface area contributed by atoms with Crippen LogP contribution in [0, 0.1) is 5.92 Å². The molecular formula is C23H28N4O4. The van der Waals surface area contributed by atoms with Crippen LogP contribution in [0.4, 0.5) is 5.69 Å². The van der Waals surface area contributed by atoms with Crippen molar-refractivity contribution in [3.05, 3.63) is 48.3 Å². The maximum atomic E-state index is 13.1. The molecule has 164 valence electrons. The number of pyridine rings is 1. The molecule has 0 radical (unpaired) electrons.